The monoisotopic (exact) mass is 384 g/mol. The Morgan fingerprint density at radius 1 is 0.893 bits per heavy atom. The number of hydrogen-bond donors (Lipinski definition) is 0. The van der Waals surface area contributed by atoms with E-state index in [4.69, 9.17) is 4.74 Å². The van der Waals surface area contributed by atoms with E-state index in [0.717, 1.165) is 42.8 Å². The van der Waals surface area contributed by atoms with Crippen molar-refractivity contribution in [2.45, 2.75) is 97.3 Å². The second kappa shape index (κ2) is 11.0. The van der Waals surface area contributed by atoms with Gasteiger partial charge in [0.05, 0.1) is 5.92 Å². The zero-order valence-corrected chi connectivity index (χ0v) is 18.1. The molecule has 156 valence electrons. The lowest BCUT2D eigenvalue weighted by molar-refractivity contribution is -0.141. The van der Waals surface area contributed by atoms with Gasteiger partial charge in [-0.1, -0.05) is 64.5 Å². The number of carbonyl (C=O) groups is 1. The predicted molar refractivity (Wildman–Crippen MR) is 116 cm³/mol. The summed E-state index contributed by atoms with van der Waals surface area (Å²) in [5.74, 6) is 3.39. The van der Waals surface area contributed by atoms with Crippen LogP contribution in [0.3, 0.4) is 0 Å². The van der Waals surface area contributed by atoms with Crippen molar-refractivity contribution in [1.29, 1.82) is 0 Å². The summed E-state index contributed by atoms with van der Waals surface area (Å²) in [5, 5.41) is 0. The molecule has 2 unspecified atom stereocenters. The van der Waals surface area contributed by atoms with E-state index in [1.807, 2.05) is 12.1 Å². The molecule has 2 aliphatic rings. The second-order valence-electron chi connectivity index (χ2n) is 9.37. The summed E-state index contributed by atoms with van der Waals surface area (Å²) < 4.78 is 5.75. The fourth-order valence-electron chi connectivity index (χ4n) is 5.46. The Morgan fingerprint density at radius 2 is 1.61 bits per heavy atom. The molecule has 0 heterocycles. The number of rotatable bonds is 9. The molecule has 1 aromatic rings. The van der Waals surface area contributed by atoms with Crippen LogP contribution in [-0.2, 0) is 11.2 Å². The molecule has 2 nitrogen and oxygen atoms in total. The average molecular weight is 385 g/mol. The highest BCUT2D eigenvalue weighted by atomic mass is 16.5. The smallest absolute Gasteiger partial charge is 0.314 e. The molecule has 2 saturated carbocycles. The zero-order valence-electron chi connectivity index (χ0n) is 18.1. The molecule has 0 spiro atoms. The van der Waals surface area contributed by atoms with Gasteiger partial charge in [0.25, 0.3) is 0 Å². The molecular weight excluding hydrogens is 344 g/mol. The maximum Gasteiger partial charge on any atom is 0.314 e. The minimum atomic E-state index is 0.00490. The molecule has 0 N–H and O–H groups in total. The van der Waals surface area contributed by atoms with Crippen molar-refractivity contribution >= 4 is 5.97 Å². The van der Waals surface area contributed by atoms with Crippen LogP contribution >= 0.6 is 0 Å². The highest BCUT2D eigenvalue weighted by molar-refractivity contribution is 5.75. The highest BCUT2D eigenvalue weighted by Gasteiger charge is 2.38. The Bertz CT molecular complexity index is 591. The molecule has 28 heavy (non-hydrogen) atoms. The molecule has 4 atom stereocenters. The first-order valence-electron chi connectivity index (χ1n) is 12.0. The maximum atomic E-state index is 12.7. The van der Waals surface area contributed by atoms with Crippen molar-refractivity contribution in [2.75, 3.05) is 0 Å². The molecule has 1 aromatic carbocycles. The summed E-state index contributed by atoms with van der Waals surface area (Å²) in [4.78, 5) is 12.7. The lowest BCUT2D eigenvalue weighted by Gasteiger charge is -2.41. The Balaban J connectivity index is 1.45. The van der Waals surface area contributed by atoms with E-state index in [9.17, 15) is 4.79 Å². The summed E-state index contributed by atoms with van der Waals surface area (Å²) in [7, 11) is 0. The van der Waals surface area contributed by atoms with Crippen molar-refractivity contribution in [3.05, 3.63) is 29.8 Å². The molecule has 2 heteroatoms. The first kappa shape index (κ1) is 21.4. The number of hydrogen-bond acceptors (Lipinski definition) is 2. The summed E-state index contributed by atoms with van der Waals surface area (Å²) in [5.41, 5.74) is 1.34. The molecular formula is C26H40O2. The number of aryl methyl sites for hydroxylation is 1. The Labute approximate surface area is 172 Å². The van der Waals surface area contributed by atoms with Gasteiger partial charge in [-0.05, 0) is 80.4 Å². The van der Waals surface area contributed by atoms with Crippen LogP contribution in [0.2, 0.25) is 0 Å². The van der Waals surface area contributed by atoms with Gasteiger partial charge in [0, 0.05) is 0 Å². The molecule has 0 saturated heterocycles. The Morgan fingerprint density at radius 3 is 2.36 bits per heavy atom. The third-order valence-corrected chi connectivity index (χ3v) is 7.23. The number of unbranched alkanes of at least 4 members (excludes halogenated alkanes) is 3. The van der Waals surface area contributed by atoms with Crippen LogP contribution < -0.4 is 4.74 Å². The van der Waals surface area contributed by atoms with Crippen LogP contribution in [0.4, 0.5) is 0 Å². The molecule has 2 fully saturated rings. The van der Waals surface area contributed by atoms with Gasteiger partial charge in [-0.3, -0.25) is 4.79 Å². The van der Waals surface area contributed by atoms with Gasteiger partial charge in [0.2, 0.25) is 0 Å². The van der Waals surface area contributed by atoms with Crippen LogP contribution in [0.25, 0.3) is 0 Å². The number of benzene rings is 1. The van der Waals surface area contributed by atoms with Crippen LogP contribution in [0, 0.1) is 23.7 Å². The average Bonchev–Trinajstić information content (AvgIpc) is 2.73. The van der Waals surface area contributed by atoms with Gasteiger partial charge >= 0.3 is 5.97 Å². The molecule has 0 radical (unpaired) electrons. The number of ether oxygens (including phenoxy) is 1. The third-order valence-electron chi connectivity index (χ3n) is 7.23. The largest absolute Gasteiger partial charge is 0.426 e. The molecule has 0 aliphatic heterocycles. The molecule has 0 bridgehead atoms. The van der Waals surface area contributed by atoms with E-state index in [2.05, 4.69) is 26.0 Å². The first-order chi connectivity index (χ1) is 13.7. The zero-order chi connectivity index (χ0) is 19.8. The third kappa shape index (κ3) is 6.09. The molecule has 3 rings (SSSR count). The van der Waals surface area contributed by atoms with E-state index in [1.165, 1.54) is 69.8 Å². The maximum absolute atomic E-state index is 12.7. The Kier molecular flexibility index (Phi) is 8.43. The van der Waals surface area contributed by atoms with Crippen molar-refractivity contribution in [3.63, 3.8) is 0 Å². The molecule has 2 aliphatic carbocycles. The van der Waals surface area contributed by atoms with Gasteiger partial charge in [0.1, 0.15) is 5.75 Å². The van der Waals surface area contributed by atoms with Crippen molar-refractivity contribution < 1.29 is 9.53 Å². The van der Waals surface area contributed by atoms with Crippen LogP contribution in [-0.4, -0.2) is 5.97 Å². The van der Waals surface area contributed by atoms with Gasteiger partial charge in [-0.2, -0.15) is 0 Å². The summed E-state index contributed by atoms with van der Waals surface area (Å²) in [6, 6.07) is 8.19. The normalized spacial score (nSPS) is 27.2. The van der Waals surface area contributed by atoms with Gasteiger partial charge in [0.15, 0.2) is 0 Å². The second-order valence-corrected chi connectivity index (χ2v) is 9.37. The quantitative estimate of drug-likeness (QED) is 0.253. The predicted octanol–water partition coefficient (Wildman–Crippen LogP) is 7.35. The minimum absolute atomic E-state index is 0.00490. The number of carbonyl (C=O) groups excluding carboxylic acids is 1. The fraction of sp³-hybridized carbons (Fsp3) is 0.731. The van der Waals surface area contributed by atoms with Crippen LogP contribution in [0.1, 0.15) is 96.5 Å². The van der Waals surface area contributed by atoms with Crippen molar-refractivity contribution in [1.82, 2.24) is 0 Å². The van der Waals surface area contributed by atoms with E-state index in [-0.39, 0.29) is 11.9 Å². The van der Waals surface area contributed by atoms with Crippen molar-refractivity contribution in [3.8, 4) is 5.75 Å². The topological polar surface area (TPSA) is 26.3 Å². The van der Waals surface area contributed by atoms with Gasteiger partial charge in [-0.15, -0.1) is 0 Å². The van der Waals surface area contributed by atoms with Crippen LogP contribution in [0.5, 0.6) is 5.75 Å². The number of esters is 1. The lowest BCUT2D eigenvalue weighted by atomic mass is 9.64. The van der Waals surface area contributed by atoms with E-state index in [1.54, 1.807) is 0 Å². The SMILES string of the molecule is CCCCCc1ccc(OC(=O)[C@@H]2CC[C@@H]3CC(CCCC)CCC3C2)cc1. The van der Waals surface area contributed by atoms with Crippen LogP contribution in [0.15, 0.2) is 24.3 Å². The van der Waals surface area contributed by atoms with E-state index in [0.29, 0.717) is 0 Å². The minimum Gasteiger partial charge on any atom is -0.426 e. The molecule has 0 amide bonds. The highest BCUT2D eigenvalue weighted by Crippen LogP contribution is 2.46. The number of fused-ring (bicyclic) bond motifs is 1. The van der Waals surface area contributed by atoms with Gasteiger partial charge in [-0.25, -0.2) is 0 Å². The fourth-order valence-corrected chi connectivity index (χ4v) is 5.46. The summed E-state index contributed by atoms with van der Waals surface area (Å²) in [6.07, 6.45) is 16.4. The summed E-state index contributed by atoms with van der Waals surface area (Å²) >= 11 is 0. The lowest BCUT2D eigenvalue weighted by Crippen LogP contribution is -2.35. The van der Waals surface area contributed by atoms with Crippen molar-refractivity contribution in [2.24, 2.45) is 23.7 Å². The first-order valence-corrected chi connectivity index (χ1v) is 12.0. The van der Waals surface area contributed by atoms with E-state index >= 15 is 0 Å². The Hall–Kier alpha value is -1.31. The molecule has 0 aromatic heterocycles. The standard InChI is InChI=1S/C26H40O2/c1-3-5-7-9-20-11-16-25(17-12-20)28-26(27)24-15-14-22-18-21(8-6-4-2)10-13-23(22)19-24/h11-12,16-17,21-24H,3-10,13-15,18-19H2,1-2H3/t21?,22-,23?,24-/m1/s1. The van der Waals surface area contributed by atoms with Gasteiger partial charge < -0.3 is 4.74 Å². The van der Waals surface area contributed by atoms with E-state index < -0.39 is 0 Å². The summed E-state index contributed by atoms with van der Waals surface area (Å²) in [6.45, 7) is 4.52.